The molecule has 0 aromatic rings. The van der Waals surface area contributed by atoms with Crippen LogP contribution in [0.2, 0.25) is 0 Å². The third-order valence-corrected chi connectivity index (χ3v) is 2.08. The summed E-state index contributed by atoms with van der Waals surface area (Å²) in [5, 5.41) is 0. The third kappa shape index (κ3) is 11.1. The molecule has 4 nitrogen and oxygen atoms in total. The lowest BCUT2D eigenvalue weighted by molar-refractivity contribution is -0.113. The monoisotopic (exact) mass is 213 g/mol. The molecule has 1 saturated heterocycles. The minimum Gasteiger partial charge on any atom is -0.366 e. The SMILES string of the molecule is CN(C)C/C=C/C(N)=O.CN1CCCC1. The van der Waals surface area contributed by atoms with Gasteiger partial charge in [-0.2, -0.15) is 0 Å². The van der Waals surface area contributed by atoms with Crippen molar-refractivity contribution in [3.63, 3.8) is 0 Å². The molecule has 0 atom stereocenters. The highest BCUT2D eigenvalue weighted by Crippen LogP contribution is 2.02. The number of hydrogen-bond donors (Lipinski definition) is 1. The van der Waals surface area contributed by atoms with E-state index in [4.69, 9.17) is 5.73 Å². The van der Waals surface area contributed by atoms with E-state index in [0.29, 0.717) is 0 Å². The zero-order chi connectivity index (χ0) is 11.7. The lowest BCUT2D eigenvalue weighted by atomic mass is 10.4. The van der Waals surface area contributed by atoms with Crippen LogP contribution in [0, 0.1) is 0 Å². The van der Waals surface area contributed by atoms with Gasteiger partial charge in [-0.25, -0.2) is 0 Å². The molecule has 0 spiro atoms. The molecule has 1 fully saturated rings. The normalized spacial score (nSPS) is 16.8. The van der Waals surface area contributed by atoms with Crippen LogP contribution >= 0.6 is 0 Å². The predicted molar refractivity (Wildman–Crippen MR) is 63.6 cm³/mol. The average molecular weight is 213 g/mol. The van der Waals surface area contributed by atoms with Crippen LogP contribution in [0.4, 0.5) is 0 Å². The molecule has 88 valence electrons. The van der Waals surface area contributed by atoms with Crippen molar-refractivity contribution < 1.29 is 4.79 Å². The number of nitrogens with zero attached hydrogens (tertiary/aromatic N) is 2. The Kier molecular flexibility index (Phi) is 7.95. The van der Waals surface area contributed by atoms with Crippen LogP contribution in [0.15, 0.2) is 12.2 Å². The molecule has 0 aliphatic carbocycles. The largest absolute Gasteiger partial charge is 0.366 e. The Morgan fingerprint density at radius 1 is 1.40 bits per heavy atom. The molecule has 4 heteroatoms. The predicted octanol–water partition coefficient (Wildman–Crippen LogP) is 0.302. The fourth-order valence-corrected chi connectivity index (χ4v) is 1.25. The van der Waals surface area contributed by atoms with Crippen molar-refractivity contribution in [2.45, 2.75) is 12.8 Å². The zero-order valence-corrected chi connectivity index (χ0v) is 10.1. The second-order valence-corrected chi connectivity index (χ2v) is 4.08. The van der Waals surface area contributed by atoms with Crippen molar-refractivity contribution in [3.8, 4) is 0 Å². The molecule has 2 N–H and O–H groups in total. The molecule has 1 aliphatic heterocycles. The molecule has 0 aromatic carbocycles. The van der Waals surface area contributed by atoms with E-state index in [2.05, 4.69) is 11.9 Å². The topological polar surface area (TPSA) is 49.6 Å². The summed E-state index contributed by atoms with van der Waals surface area (Å²) >= 11 is 0. The minimum atomic E-state index is -0.392. The number of hydrogen-bond acceptors (Lipinski definition) is 3. The van der Waals surface area contributed by atoms with E-state index in [1.54, 1.807) is 6.08 Å². The van der Waals surface area contributed by atoms with Crippen LogP contribution in [0.25, 0.3) is 0 Å². The number of carbonyl (C=O) groups is 1. The molecule has 0 unspecified atom stereocenters. The van der Waals surface area contributed by atoms with E-state index in [1.807, 2.05) is 19.0 Å². The molecule has 1 amide bonds. The van der Waals surface area contributed by atoms with Crippen LogP contribution in [0.1, 0.15) is 12.8 Å². The van der Waals surface area contributed by atoms with Crippen LogP contribution in [0.5, 0.6) is 0 Å². The molecule has 1 rings (SSSR count). The van der Waals surface area contributed by atoms with E-state index in [-0.39, 0.29) is 0 Å². The van der Waals surface area contributed by atoms with Crippen LogP contribution in [-0.4, -0.2) is 56.5 Å². The van der Waals surface area contributed by atoms with Gasteiger partial charge in [0.1, 0.15) is 0 Å². The summed E-state index contributed by atoms with van der Waals surface area (Å²) in [6.07, 6.45) is 5.91. The van der Waals surface area contributed by atoms with Crippen molar-refractivity contribution in [2.75, 3.05) is 40.8 Å². The van der Waals surface area contributed by atoms with Gasteiger partial charge in [0.25, 0.3) is 0 Å². The number of carbonyl (C=O) groups excluding carboxylic acids is 1. The Labute approximate surface area is 92.7 Å². The molecular formula is C11H23N3O. The second-order valence-electron chi connectivity index (χ2n) is 4.08. The van der Waals surface area contributed by atoms with Crippen LogP contribution < -0.4 is 5.73 Å². The van der Waals surface area contributed by atoms with E-state index in [1.165, 1.54) is 32.0 Å². The zero-order valence-electron chi connectivity index (χ0n) is 10.1. The summed E-state index contributed by atoms with van der Waals surface area (Å²) in [5.74, 6) is -0.392. The molecular weight excluding hydrogens is 190 g/mol. The first-order valence-corrected chi connectivity index (χ1v) is 5.31. The fourth-order valence-electron chi connectivity index (χ4n) is 1.25. The standard InChI is InChI=1S/C6H12N2O.C5H11N/c1-8(2)5-3-4-6(7)9;1-6-4-2-3-5-6/h3-4H,5H2,1-2H3,(H2,7,9);2-5H2,1H3/b4-3+;. The fraction of sp³-hybridized carbons (Fsp3) is 0.727. The van der Waals surface area contributed by atoms with Gasteiger partial charge in [-0.15, -0.1) is 0 Å². The summed E-state index contributed by atoms with van der Waals surface area (Å²) in [6.45, 7) is 3.39. The van der Waals surface area contributed by atoms with E-state index >= 15 is 0 Å². The summed E-state index contributed by atoms with van der Waals surface area (Å²) in [7, 11) is 6.02. The first-order chi connectivity index (χ1) is 7.02. The Balaban J connectivity index is 0.000000280. The van der Waals surface area contributed by atoms with Gasteiger partial charge in [0, 0.05) is 6.54 Å². The van der Waals surface area contributed by atoms with Crippen molar-refractivity contribution in [3.05, 3.63) is 12.2 Å². The van der Waals surface area contributed by atoms with Gasteiger partial charge in [0.15, 0.2) is 0 Å². The van der Waals surface area contributed by atoms with Gasteiger partial charge in [0.05, 0.1) is 0 Å². The Hall–Kier alpha value is -0.870. The van der Waals surface area contributed by atoms with Gasteiger partial charge >= 0.3 is 0 Å². The smallest absolute Gasteiger partial charge is 0.241 e. The lowest BCUT2D eigenvalue weighted by Crippen LogP contribution is -2.12. The summed E-state index contributed by atoms with van der Waals surface area (Å²) < 4.78 is 0. The highest BCUT2D eigenvalue weighted by atomic mass is 16.1. The van der Waals surface area contributed by atoms with Gasteiger partial charge < -0.3 is 15.5 Å². The number of nitrogens with two attached hydrogens (primary N) is 1. The van der Waals surface area contributed by atoms with E-state index in [9.17, 15) is 4.79 Å². The first-order valence-electron chi connectivity index (χ1n) is 5.31. The summed E-state index contributed by atoms with van der Waals surface area (Å²) in [4.78, 5) is 14.4. The number of primary amides is 1. The average Bonchev–Trinajstić information content (AvgIpc) is 2.55. The number of likely N-dealkylation sites (N-methyl/N-ethyl adjacent to an activating group) is 1. The van der Waals surface area contributed by atoms with Crippen molar-refractivity contribution >= 4 is 5.91 Å². The van der Waals surface area contributed by atoms with Gasteiger partial charge in [-0.3, -0.25) is 4.79 Å². The number of rotatable bonds is 3. The van der Waals surface area contributed by atoms with Crippen LogP contribution in [-0.2, 0) is 4.79 Å². The van der Waals surface area contributed by atoms with Crippen LogP contribution in [0.3, 0.4) is 0 Å². The Morgan fingerprint density at radius 2 is 1.93 bits per heavy atom. The second kappa shape index (κ2) is 8.44. The maximum atomic E-state index is 10.1. The first kappa shape index (κ1) is 14.1. The van der Waals surface area contributed by atoms with E-state index < -0.39 is 5.91 Å². The highest BCUT2D eigenvalue weighted by Gasteiger charge is 2.03. The molecule has 0 saturated carbocycles. The molecule has 0 radical (unpaired) electrons. The minimum absolute atomic E-state index is 0.392. The maximum absolute atomic E-state index is 10.1. The molecule has 15 heavy (non-hydrogen) atoms. The highest BCUT2D eigenvalue weighted by molar-refractivity contribution is 5.85. The number of amides is 1. The van der Waals surface area contributed by atoms with Gasteiger partial charge in [-0.05, 0) is 53.2 Å². The molecule has 0 bridgehead atoms. The van der Waals surface area contributed by atoms with Gasteiger partial charge in [0.2, 0.25) is 5.91 Å². The van der Waals surface area contributed by atoms with Crippen molar-refractivity contribution in [1.29, 1.82) is 0 Å². The Bertz CT molecular complexity index is 196. The summed E-state index contributed by atoms with van der Waals surface area (Å²) in [5.41, 5.74) is 4.83. The quantitative estimate of drug-likeness (QED) is 0.686. The van der Waals surface area contributed by atoms with Crippen molar-refractivity contribution in [1.82, 2.24) is 9.80 Å². The third-order valence-electron chi connectivity index (χ3n) is 2.08. The molecule has 0 aromatic heterocycles. The van der Waals surface area contributed by atoms with Gasteiger partial charge in [-0.1, -0.05) is 6.08 Å². The van der Waals surface area contributed by atoms with E-state index in [0.717, 1.165) is 6.54 Å². The molecule has 1 heterocycles. The maximum Gasteiger partial charge on any atom is 0.241 e. The lowest BCUT2D eigenvalue weighted by Gasteiger charge is -2.02. The molecule has 1 aliphatic rings. The Morgan fingerprint density at radius 3 is 2.20 bits per heavy atom. The summed E-state index contributed by atoms with van der Waals surface area (Å²) in [6, 6.07) is 0. The number of likely N-dealkylation sites (tertiary alicyclic amines) is 1. The van der Waals surface area contributed by atoms with Crippen molar-refractivity contribution in [2.24, 2.45) is 5.73 Å².